The van der Waals surface area contributed by atoms with Crippen LogP contribution in [0, 0.1) is 5.92 Å². The van der Waals surface area contributed by atoms with Crippen molar-refractivity contribution in [3.8, 4) is 0 Å². The van der Waals surface area contributed by atoms with E-state index in [9.17, 15) is 4.79 Å². The predicted octanol–water partition coefficient (Wildman–Crippen LogP) is 3.40. The highest BCUT2D eigenvalue weighted by Gasteiger charge is 2.13. The number of nitrogens with one attached hydrogen (secondary N) is 1. The zero-order chi connectivity index (χ0) is 12.0. The second-order valence-corrected chi connectivity index (χ2v) is 5.60. The Hall–Kier alpha value is -0.960. The van der Waals surface area contributed by atoms with Crippen molar-refractivity contribution in [3.63, 3.8) is 0 Å². The third-order valence-electron chi connectivity index (χ3n) is 2.09. The van der Waals surface area contributed by atoms with Crippen molar-refractivity contribution in [3.05, 3.63) is 30.3 Å². The van der Waals surface area contributed by atoms with Gasteiger partial charge >= 0.3 is 0 Å². The Morgan fingerprint density at radius 3 is 2.44 bits per heavy atom. The Kier molecular flexibility index (Phi) is 5.39. The molecule has 1 atom stereocenters. The van der Waals surface area contributed by atoms with E-state index in [0.717, 1.165) is 11.4 Å². The van der Waals surface area contributed by atoms with Crippen molar-refractivity contribution in [1.29, 1.82) is 0 Å². The summed E-state index contributed by atoms with van der Waals surface area (Å²) >= 11 is 1.70. The van der Waals surface area contributed by atoms with Crippen molar-refractivity contribution in [2.75, 3.05) is 11.1 Å². The highest BCUT2D eigenvalue weighted by molar-refractivity contribution is 8.00. The minimum absolute atomic E-state index is 0.00241. The molecule has 1 unspecified atom stereocenters. The van der Waals surface area contributed by atoms with Crippen LogP contribution in [0.5, 0.6) is 0 Å². The van der Waals surface area contributed by atoms with Crippen molar-refractivity contribution < 1.29 is 4.79 Å². The predicted molar refractivity (Wildman–Crippen MR) is 71.8 cm³/mol. The van der Waals surface area contributed by atoms with Crippen LogP contribution in [0.1, 0.15) is 20.8 Å². The Morgan fingerprint density at radius 2 is 1.88 bits per heavy atom. The summed E-state index contributed by atoms with van der Waals surface area (Å²) in [4.78, 5) is 11.8. The topological polar surface area (TPSA) is 29.1 Å². The van der Waals surface area contributed by atoms with E-state index in [1.807, 2.05) is 37.3 Å². The summed E-state index contributed by atoms with van der Waals surface area (Å²) in [7, 11) is 0. The lowest BCUT2D eigenvalue weighted by atomic mass is 10.3. The van der Waals surface area contributed by atoms with E-state index in [4.69, 9.17) is 0 Å². The number of amides is 1. The van der Waals surface area contributed by atoms with Gasteiger partial charge in [-0.25, -0.2) is 0 Å². The number of carbonyl (C=O) groups excluding carboxylic acids is 1. The van der Waals surface area contributed by atoms with Gasteiger partial charge < -0.3 is 5.32 Å². The van der Waals surface area contributed by atoms with Crippen LogP contribution in [0.2, 0.25) is 0 Å². The molecule has 0 saturated heterocycles. The van der Waals surface area contributed by atoms with E-state index in [0.29, 0.717) is 5.92 Å². The molecule has 1 amide bonds. The monoisotopic (exact) mass is 237 g/mol. The number of rotatable bonds is 5. The largest absolute Gasteiger partial charge is 0.325 e. The fourth-order valence-electron chi connectivity index (χ4n) is 1.18. The minimum Gasteiger partial charge on any atom is -0.325 e. The van der Waals surface area contributed by atoms with Crippen LogP contribution in [-0.4, -0.2) is 16.9 Å². The molecule has 1 aromatic rings. The second kappa shape index (κ2) is 6.59. The number of benzene rings is 1. The average Bonchev–Trinajstić information content (AvgIpc) is 2.27. The quantitative estimate of drug-likeness (QED) is 0.850. The normalized spacial score (nSPS) is 12.5. The maximum atomic E-state index is 11.8. The maximum absolute atomic E-state index is 11.8. The van der Waals surface area contributed by atoms with E-state index >= 15 is 0 Å². The Bertz CT molecular complexity index is 324. The highest BCUT2D eigenvalue weighted by Crippen LogP contribution is 2.16. The van der Waals surface area contributed by atoms with E-state index in [1.165, 1.54) is 0 Å². The molecular formula is C13H19NOS. The molecule has 0 aliphatic carbocycles. The zero-order valence-electron chi connectivity index (χ0n) is 10.1. The first-order chi connectivity index (χ1) is 7.59. The molecule has 0 radical (unpaired) electrons. The average molecular weight is 237 g/mol. The molecule has 0 aromatic heterocycles. The molecule has 0 aliphatic rings. The molecule has 0 aliphatic heterocycles. The van der Waals surface area contributed by atoms with Crippen LogP contribution in [0.15, 0.2) is 30.3 Å². The van der Waals surface area contributed by atoms with Crippen LogP contribution in [0.4, 0.5) is 5.69 Å². The summed E-state index contributed by atoms with van der Waals surface area (Å²) in [6, 6.07) is 9.57. The van der Waals surface area contributed by atoms with Crippen LogP contribution < -0.4 is 5.32 Å². The Labute approximate surface area is 102 Å². The maximum Gasteiger partial charge on any atom is 0.237 e. The molecule has 1 aromatic carbocycles. The molecule has 1 rings (SSSR count). The third kappa shape index (κ3) is 4.71. The van der Waals surface area contributed by atoms with E-state index in [-0.39, 0.29) is 11.2 Å². The van der Waals surface area contributed by atoms with Crippen molar-refractivity contribution in [2.24, 2.45) is 5.92 Å². The molecule has 16 heavy (non-hydrogen) atoms. The summed E-state index contributed by atoms with van der Waals surface area (Å²) in [5, 5.41) is 2.91. The number of anilines is 1. The highest BCUT2D eigenvalue weighted by atomic mass is 32.2. The van der Waals surface area contributed by atoms with Crippen LogP contribution in [0.3, 0.4) is 0 Å². The number of hydrogen-bond donors (Lipinski definition) is 1. The lowest BCUT2D eigenvalue weighted by Gasteiger charge is -2.13. The van der Waals surface area contributed by atoms with Gasteiger partial charge in [-0.15, -0.1) is 11.8 Å². The fraction of sp³-hybridized carbons (Fsp3) is 0.462. The molecule has 2 nitrogen and oxygen atoms in total. The summed E-state index contributed by atoms with van der Waals surface area (Å²) in [6.45, 7) is 6.27. The number of para-hydroxylation sites is 1. The molecule has 0 fully saturated rings. The van der Waals surface area contributed by atoms with Gasteiger partial charge in [0.05, 0.1) is 5.25 Å². The number of thioether (sulfide) groups is 1. The summed E-state index contributed by atoms with van der Waals surface area (Å²) in [6.07, 6.45) is 0. The molecule has 0 saturated carbocycles. The minimum atomic E-state index is 0.00241. The van der Waals surface area contributed by atoms with Gasteiger partial charge in [-0.05, 0) is 30.7 Å². The summed E-state index contributed by atoms with van der Waals surface area (Å²) < 4.78 is 0. The molecule has 3 heteroatoms. The number of hydrogen-bond acceptors (Lipinski definition) is 2. The van der Waals surface area contributed by atoms with Gasteiger partial charge in [0.1, 0.15) is 0 Å². The van der Waals surface area contributed by atoms with Gasteiger partial charge in [-0.1, -0.05) is 32.0 Å². The van der Waals surface area contributed by atoms with Crippen LogP contribution >= 0.6 is 11.8 Å². The molecular weight excluding hydrogens is 218 g/mol. The van der Waals surface area contributed by atoms with E-state index in [2.05, 4.69) is 19.2 Å². The van der Waals surface area contributed by atoms with Gasteiger partial charge in [0.2, 0.25) is 5.91 Å². The van der Waals surface area contributed by atoms with Gasteiger partial charge in [0, 0.05) is 5.69 Å². The summed E-state index contributed by atoms with van der Waals surface area (Å²) in [5.74, 6) is 1.72. The lowest BCUT2D eigenvalue weighted by molar-refractivity contribution is -0.115. The first-order valence-electron chi connectivity index (χ1n) is 5.57. The van der Waals surface area contributed by atoms with Gasteiger partial charge in [0.15, 0.2) is 0 Å². The summed E-state index contributed by atoms with van der Waals surface area (Å²) in [5.41, 5.74) is 0.865. The van der Waals surface area contributed by atoms with Crippen molar-refractivity contribution >= 4 is 23.4 Å². The zero-order valence-corrected chi connectivity index (χ0v) is 10.9. The Balaban J connectivity index is 2.40. The van der Waals surface area contributed by atoms with Crippen molar-refractivity contribution in [2.45, 2.75) is 26.0 Å². The standard InChI is InChI=1S/C13H19NOS/c1-10(2)9-16-11(3)13(15)14-12-7-5-4-6-8-12/h4-8,10-11H,9H2,1-3H3,(H,14,15). The fourth-order valence-corrected chi connectivity index (χ4v) is 2.06. The number of carbonyl (C=O) groups is 1. The third-order valence-corrected chi connectivity index (χ3v) is 3.66. The van der Waals surface area contributed by atoms with Gasteiger partial charge in [0.25, 0.3) is 0 Å². The van der Waals surface area contributed by atoms with Crippen molar-refractivity contribution in [1.82, 2.24) is 0 Å². The second-order valence-electron chi connectivity index (χ2n) is 4.22. The molecule has 1 N–H and O–H groups in total. The van der Waals surface area contributed by atoms with Crippen LogP contribution in [-0.2, 0) is 4.79 Å². The van der Waals surface area contributed by atoms with Gasteiger partial charge in [-0.3, -0.25) is 4.79 Å². The molecule has 0 spiro atoms. The van der Waals surface area contributed by atoms with E-state index in [1.54, 1.807) is 11.8 Å². The SMILES string of the molecule is CC(C)CSC(C)C(=O)Nc1ccccc1. The van der Waals surface area contributed by atoms with Crippen LogP contribution in [0.25, 0.3) is 0 Å². The molecule has 0 heterocycles. The smallest absolute Gasteiger partial charge is 0.237 e. The Morgan fingerprint density at radius 1 is 1.25 bits per heavy atom. The van der Waals surface area contributed by atoms with Gasteiger partial charge in [-0.2, -0.15) is 0 Å². The first-order valence-corrected chi connectivity index (χ1v) is 6.62. The molecule has 0 bridgehead atoms. The van der Waals surface area contributed by atoms with E-state index < -0.39 is 0 Å². The molecule has 88 valence electrons. The lowest BCUT2D eigenvalue weighted by Crippen LogP contribution is -2.23. The first kappa shape index (κ1) is 13.1.